The summed E-state index contributed by atoms with van der Waals surface area (Å²) in [5, 5.41) is 6.74. The van der Waals surface area contributed by atoms with Crippen molar-refractivity contribution < 1.29 is 23.0 Å². The second-order valence-electron chi connectivity index (χ2n) is 6.22. The third-order valence-electron chi connectivity index (χ3n) is 4.30. The second kappa shape index (κ2) is 6.83. The van der Waals surface area contributed by atoms with E-state index in [1.165, 1.54) is 12.1 Å². The molecule has 0 radical (unpaired) electrons. The Morgan fingerprint density at radius 2 is 1.86 bits per heavy atom. The van der Waals surface area contributed by atoms with E-state index in [9.17, 15) is 13.6 Å². The molecule has 0 saturated carbocycles. The van der Waals surface area contributed by atoms with E-state index in [1.54, 1.807) is 31.2 Å². The lowest BCUT2D eigenvalue weighted by molar-refractivity contribution is -0.286. The minimum atomic E-state index is -3.65. The number of hydrogen-bond acceptors (Lipinski definition) is 6. The van der Waals surface area contributed by atoms with E-state index in [-0.39, 0.29) is 17.4 Å². The Labute approximate surface area is 163 Å². The van der Waals surface area contributed by atoms with Crippen LogP contribution in [0.15, 0.2) is 36.4 Å². The number of halogens is 2. The first-order chi connectivity index (χ1) is 13.4. The maximum Gasteiger partial charge on any atom is 0.586 e. The summed E-state index contributed by atoms with van der Waals surface area (Å²) in [7, 11) is 0. The van der Waals surface area contributed by atoms with Gasteiger partial charge in [0.05, 0.1) is 5.69 Å². The van der Waals surface area contributed by atoms with Gasteiger partial charge in [-0.05, 0) is 65.8 Å². The molecule has 1 N–H and O–H groups in total. The molecule has 4 rings (SSSR count). The molecular weight excluding hydrogens is 388 g/mol. The van der Waals surface area contributed by atoms with Crippen molar-refractivity contribution in [1.82, 2.24) is 9.59 Å². The third kappa shape index (κ3) is 3.40. The molecule has 2 heterocycles. The minimum absolute atomic E-state index is 0.00669. The van der Waals surface area contributed by atoms with Gasteiger partial charge >= 0.3 is 6.29 Å². The summed E-state index contributed by atoms with van der Waals surface area (Å²) in [6, 6.07) is 10.1. The van der Waals surface area contributed by atoms with Gasteiger partial charge in [0.25, 0.3) is 5.91 Å². The van der Waals surface area contributed by atoms with Crippen molar-refractivity contribution in [3.8, 4) is 22.6 Å². The Morgan fingerprint density at radius 1 is 1.18 bits per heavy atom. The Balaban J connectivity index is 1.55. The average Bonchev–Trinajstić information content (AvgIpc) is 3.24. The lowest BCUT2D eigenvalue weighted by Crippen LogP contribution is -2.25. The van der Waals surface area contributed by atoms with Crippen LogP contribution >= 0.6 is 11.5 Å². The molecule has 144 valence electrons. The molecule has 3 aromatic rings. The average molecular weight is 403 g/mol. The minimum Gasteiger partial charge on any atom is -0.395 e. The van der Waals surface area contributed by atoms with Crippen molar-refractivity contribution in [3.05, 3.63) is 52.5 Å². The molecule has 1 aliphatic rings. The highest BCUT2D eigenvalue weighted by Crippen LogP contribution is 2.44. The number of nitrogens with one attached hydrogen (secondary N) is 1. The van der Waals surface area contributed by atoms with E-state index in [2.05, 4.69) is 24.4 Å². The number of aryl methyl sites for hydroxylation is 2. The highest BCUT2D eigenvalue weighted by atomic mass is 32.1. The van der Waals surface area contributed by atoms with Crippen LogP contribution in [0.4, 0.5) is 14.5 Å². The van der Waals surface area contributed by atoms with Gasteiger partial charge in [-0.25, -0.2) is 0 Å². The molecular formula is C19H15F2N3O3S. The Hall–Kier alpha value is -3.07. The number of hydrogen-bond donors (Lipinski definition) is 1. The molecule has 0 aliphatic carbocycles. The van der Waals surface area contributed by atoms with Gasteiger partial charge in [-0.1, -0.05) is 23.5 Å². The van der Waals surface area contributed by atoms with Crippen LogP contribution < -0.4 is 14.8 Å². The van der Waals surface area contributed by atoms with Crippen molar-refractivity contribution in [2.45, 2.75) is 26.6 Å². The summed E-state index contributed by atoms with van der Waals surface area (Å²) >= 11 is 1.05. The fraction of sp³-hybridized carbons (Fsp3) is 0.211. The molecule has 0 atom stereocenters. The Morgan fingerprint density at radius 3 is 2.54 bits per heavy atom. The third-order valence-corrected chi connectivity index (χ3v) is 5.07. The monoisotopic (exact) mass is 403 g/mol. The lowest BCUT2D eigenvalue weighted by atomic mass is 9.99. The highest BCUT2D eigenvalue weighted by molar-refractivity contribution is 7.08. The maximum atomic E-state index is 13.3. The molecule has 9 heteroatoms. The number of benzene rings is 2. The molecule has 0 fully saturated rings. The number of anilines is 1. The van der Waals surface area contributed by atoms with Crippen LogP contribution in [-0.4, -0.2) is 21.8 Å². The predicted molar refractivity (Wildman–Crippen MR) is 100 cm³/mol. The molecule has 6 nitrogen and oxygen atoms in total. The fourth-order valence-corrected chi connectivity index (χ4v) is 3.59. The molecule has 28 heavy (non-hydrogen) atoms. The van der Waals surface area contributed by atoms with Crippen LogP contribution in [0, 0.1) is 6.92 Å². The zero-order valence-electron chi connectivity index (χ0n) is 15.0. The van der Waals surface area contributed by atoms with E-state index < -0.39 is 6.29 Å². The molecule has 1 aliphatic heterocycles. The summed E-state index contributed by atoms with van der Waals surface area (Å²) < 4.78 is 39.3. The first kappa shape index (κ1) is 18.3. The molecule has 0 spiro atoms. The second-order valence-corrected chi connectivity index (χ2v) is 6.97. The van der Waals surface area contributed by atoms with Crippen LogP contribution in [0.3, 0.4) is 0 Å². The van der Waals surface area contributed by atoms with Crippen LogP contribution in [0.25, 0.3) is 11.1 Å². The Kier molecular flexibility index (Phi) is 4.46. The first-order valence-corrected chi connectivity index (χ1v) is 9.27. The lowest BCUT2D eigenvalue weighted by Gasteiger charge is -2.09. The summed E-state index contributed by atoms with van der Waals surface area (Å²) in [5.41, 5.74) is 3.56. The van der Waals surface area contributed by atoms with Crippen molar-refractivity contribution in [3.63, 3.8) is 0 Å². The Bertz CT molecular complexity index is 1050. The topological polar surface area (TPSA) is 73.3 Å². The van der Waals surface area contributed by atoms with Crippen LogP contribution in [-0.2, 0) is 6.42 Å². The normalized spacial score (nSPS) is 14.1. The number of amides is 1. The van der Waals surface area contributed by atoms with Gasteiger partial charge in [-0.15, -0.1) is 13.9 Å². The molecule has 2 aromatic carbocycles. The van der Waals surface area contributed by atoms with Crippen LogP contribution in [0.2, 0.25) is 0 Å². The van der Waals surface area contributed by atoms with Gasteiger partial charge in [0, 0.05) is 5.69 Å². The molecule has 1 amide bonds. The zero-order chi connectivity index (χ0) is 19.9. The quantitative estimate of drug-likeness (QED) is 0.687. The number of carbonyl (C=O) groups is 1. The van der Waals surface area contributed by atoms with Crippen molar-refractivity contribution in [2.75, 3.05) is 5.32 Å². The molecule has 0 unspecified atom stereocenters. The van der Waals surface area contributed by atoms with Gasteiger partial charge in [-0.2, -0.15) is 0 Å². The number of aromatic nitrogens is 2. The van der Waals surface area contributed by atoms with E-state index >= 15 is 0 Å². The van der Waals surface area contributed by atoms with Gasteiger partial charge in [-0.3, -0.25) is 4.79 Å². The number of ether oxygens (including phenoxy) is 2. The summed E-state index contributed by atoms with van der Waals surface area (Å²) in [6.07, 6.45) is -3.02. The van der Waals surface area contributed by atoms with Crippen molar-refractivity contribution in [2.24, 2.45) is 0 Å². The van der Waals surface area contributed by atoms with E-state index in [0.29, 0.717) is 22.7 Å². The van der Waals surface area contributed by atoms with Gasteiger partial charge in [0.1, 0.15) is 4.88 Å². The van der Waals surface area contributed by atoms with E-state index in [0.717, 1.165) is 28.2 Å². The van der Waals surface area contributed by atoms with Crippen molar-refractivity contribution >= 4 is 23.1 Å². The van der Waals surface area contributed by atoms with Crippen LogP contribution in [0.5, 0.6) is 11.5 Å². The summed E-state index contributed by atoms with van der Waals surface area (Å²) in [4.78, 5) is 12.9. The zero-order valence-corrected chi connectivity index (χ0v) is 15.8. The van der Waals surface area contributed by atoms with Gasteiger partial charge in [0.2, 0.25) is 0 Å². The first-order valence-electron chi connectivity index (χ1n) is 8.50. The van der Waals surface area contributed by atoms with Crippen molar-refractivity contribution in [1.29, 1.82) is 0 Å². The SMILES string of the molecule is CCc1nnsc1C(=O)Nc1ccc(-c2cc3c(cc2C)OC(F)(F)O3)cc1. The fourth-order valence-electron chi connectivity index (χ4n) is 2.94. The highest BCUT2D eigenvalue weighted by Gasteiger charge is 2.43. The molecule has 1 aromatic heterocycles. The number of alkyl halides is 2. The maximum absolute atomic E-state index is 13.3. The standard InChI is InChI=1S/C19H15F2N3O3S/c1-3-14-17(28-24-23-14)18(25)22-12-6-4-11(5-7-12)13-9-16-15(8-10(13)2)26-19(20,21)27-16/h4-9H,3H2,1-2H3,(H,22,25). The smallest absolute Gasteiger partial charge is 0.395 e. The number of nitrogens with zero attached hydrogens (tertiary/aromatic N) is 2. The van der Waals surface area contributed by atoms with Gasteiger partial charge in [0.15, 0.2) is 11.5 Å². The molecule has 0 bridgehead atoms. The summed E-state index contributed by atoms with van der Waals surface area (Å²) in [5.74, 6) is -0.256. The van der Waals surface area contributed by atoms with E-state index in [1.807, 2.05) is 6.92 Å². The van der Waals surface area contributed by atoms with Gasteiger partial charge < -0.3 is 14.8 Å². The summed E-state index contributed by atoms with van der Waals surface area (Å²) in [6.45, 7) is 3.71. The van der Waals surface area contributed by atoms with Crippen LogP contribution in [0.1, 0.15) is 27.9 Å². The number of carbonyl (C=O) groups excluding carboxylic acids is 1. The largest absolute Gasteiger partial charge is 0.586 e. The predicted octanol–water partition coefficient (Wildman–Crippen LogP) is 4.65. The number of fused-ring (bicyclic) bond motifs is 1. The molecule has 0 saturated heterocycles. The number of rotatable bonds is 4. The van der Waals surface area contributed by atoms with E-state index in [4.69, 9.17) is 0 Å².